The lowest BCUT2D eigenvalue weighted by Gasteiger charge is -2.06. The van der Waals surface area contributed by atoms with Crippen molar-refractivity contribution in [2.45, 2.75) is 0 Å². The average molecular weight is 323 g/mol. The summed E-state index contributed by atoms with van der Waals surface area (Å²) in [5, 5.41) is 12.2. The lowest BCUT2D eigenvalue weighted by atomic mass is 10.2. The summed E-state index contributed by atoms with van der Waals surface area (Å²) in [4.78, 5) is 11.8. The quantitative estimate of drug-likeness (QED) is 0.455. The molecule has 2 aromatic carbocycles. The van der Waals surface area contributed by atoms with E-state index < -0.39 is 0 Å². The average Bonchev–Trinajstić information content (AvgIpc) is 2.44. The molecule has 4 N–H and O–H groups in total. The van der Waals surface area contributed by atoms with Crippen molar-refractivity contribution in [2.24, 2.45) is 0 Å². The minimum Gasteiger partial charge on any atom is -0.505 e. The number of nitrogen functional groups attached to an aromatic ring is 1. The first-order valence-corrected chi connectivity index (χ1v) is 6.74. The van der Waals surface area contributed by atoms with Gasteiger partial charge in [0.25, 0.3) is 0 Å². The van der Waals surface area contributed by atoms with Crippen LogP contribution in [0, 0.1) is 0 Å². The van der Waals surface area contributed by atoms with Gasteiger partial charge in [0.1, 0.15) is 0 Å². The Morgan fingerprint density at radius 2 is 1.71 bits per heavy atom. The molecule has 0 atom stereocenters. The van der Waals surface area contributed by atoms with Crippen LogP contribution in [-0.4, -0.2) is 11.0 Å². The van der Waals surface area contributed by atoms with Crippen molar-refractivity contribution >= 4 is 46.6 Å². The molecule has 2 aromatic rings. The second kappa shape index (κ2) is 6.52. The van der Waals surface area contributed by atoms with Crippen molar-refractivity contribution in [1.29, 1.82) is 0 Å². The summed E-state index contributed by atoms with van der Waals surface area (Å²) in [7, 11) is 0. The number of benzene rings is 2. The molecule has 0 fully saturated rings. The predicted octanol–water partition coefficient (Wildman–Crippen LogP) is 3.93. The van der Waals surface area contributed by atoms with E-state index in [1.54, 1.807) is 30.3 Å². The van der Waals surface area contributed by atoms with Crippen molar-refractivity contribution in [3.05, 3.63) is 58.1 Å². The van der Waals surface area contributed by atoms with Gasteiger partial charge >= 0.3 is 0 Å². The number of carbonyl (C=O) groups excluding carboxylic acids is 1. The maximum absolute atomic E-state index is 11.8. The number of nitrogens with two attached hydrogens (primary N) is 1. The summed E-state index contributed by atoms with van der Waals surface area (Å²) < 4.78 is 0. The molecule has 108 valence electrons. The van der Waals surface area contributed by atoms with Crippen LogP contribution in [0.15, 0.2) is 42.5 Å². The Bertz CT molecular complexity index is 674. The Morgan fingerprint density at radius 3 is 2.29 bits per heavy atom. The molecule has 0 aliphatic carbocycles. The summed E-state index contributed by atoms with van der Waals surface area (Å²) in [6.45, 7) is 0. The third-order valence-corrected chi connectivity index (χ3v) is 3.22. The molecule has 2 rings (SSSR count). The normalized spacial score (nSPS) is 10.8. The van der Waals surface area contributed by atoms with Gasteiger partial charge in [0.15, 0.2) is 5.75 Å². The number of halogens is 2. The minimum absolute atomic E-state index is 0.0697. The Morgan fingerprint density at radius 1 is 1.14 bits per heavy atom. The van der Waals surface area contributed by atoms with Crippen LogP contribution in [0.1, 0.15) is 5.56 Å². The van der Waals surface area contributed by atoms with Gasteiger partial charge in [-0.15, -0.1) is 0 Å². The molecule has 0 spiro atoms. The van der Waals surface area contributed by atoms with Crippen molar-refractivity contribution in [1.82, 2.24) is 0 Å². The highest BCUT2D eigenvalue weighted by atomic mass is 35.5. The zero-order valence-electron chi connectivity index (χ0n) is 10.8. The van der Waals surface area contributed by atoms with Crippen LogP contribution in [0.4, 0.5) is 11.4 Å². The number of phenolic OH excluding ortho intramolecular Hbond substituents is 1. The Labute approximate surface area is 131 Å². The monoisotopic (exact) mass is 322 g/mol. The fourth-order valence-electron chi connectivity index (χ4n) is 1.60. The molecule has 0 heterocycles. The molecule has 4 nitrogen and oxygen atoms in total. The molecular weight excluding hydrogens is 311 g/mol. The number of anilines is 2. The summed E-state index contributed by atoms with van der Waals surface area (Å²) in [6, 6.07) is 9.92. The van der Waals surface area contributed by atoms with Gasteiger partial charge in [-0.25, -0.2) is 0 Å². The fourth-order valence-corrected chi connectivity index (χ4v) is 2.09. The molecule has 0 bridgehead atoms. The lowest BCUT2D eigenvalue weighted by molar-refractivity contribution is -0.111. The van der Waals surface area contributed by atoms with Gasteiger partial charge in [-0.2, -0.15) is 0 Å². The summed E-state index contributed by atoms with van der Waals surface area (Å²) in [5.41, 5.74) is 7.48. The Balaban J connectivity index is 2.06. The Hall–Kier alpha value is -2.17. The SMILES string of the molecule is Nc1ccc(/C=C/C(=O)Nc2cc(Cl)c(O)c(Cl)c2)cc1. The largest absolute Gasteiger partial charge is 0.505 e. The number of hydrogen-bond acceptors (Lipinski definition) is 3. The Kier molecular flexibility index (Phi) is 4.73. The van der Waals surface area contributed by atoms with Crippen LogP contribution in [0.25, 0.3) is 6.08 Å². The smallest absolute Gasteiger partial charge is 0.248 e. The van der Waals surface area contributed by atoms with Crippen LogP contribution in [0.5, 0.6) is 5.75 Å². The zero-order valence-corrected chi connectivity index (χ0v) is 12.3. The lowest BCUT2D eigenvalue weighted by Crippen LogP contribution is -2.07. The van der Waals surface area contributed by atoms with Crippen LogP contribution in [0.2, 0.25) is 10.0 Å². The molecule has 0 aromatic heterocycles. The molecule has 0 unspecified atom stereocenters. The molecule has 0 saturated heterocycles. The highest BCUT2D eigenvalue weighted by Crippen LogP contribution is 2.34. The van der Waals surface area contributed by atoms with Gasteiger partial charge in [-0.1, -0.05) is 35.3 Å². The van der Waals surface area contributed by atoms with E-state index in [1.165, 1.54) is 18.2 Å². The predicted molar refractivity (Wildman–Crippen MR) is 86.6 cm³/mol. The van der Waals surface area contributed by atoms with Crippen LogP contribution >= 0.6 is 23.2 Å². The number of rotatable bonds is 3. The third-order valence-electron chi connectivity index (χ3n) is 2.65. The van der Waals surface area contributed by atoms with E-state index >= 15 is 0 Å². The number of nitrogens with one attached hydrogen (secondary N) is 1. The number of carbonyl (C=O) groups is 1. The summed E-state index contributed by atoms with van der Waals surface area (Å²) in [5.74, 6) is -0.557. The number of aromatic hydroxyl groups is 1. The van der Waals surface area contributed by atoms with Gasteiger partial charge < -0.3 is 16.2 Å². The zero-order chi connectivity index (χ0) is 15.4. The van der Waals surface area contributed by atoms with E-state index in [0.717, 1.165) is 5.56 Å². The molecule has 0 aliphatic rings. The number of amides is 1. The van der Waals surface area contributed by atoms with Crippen molar-refractivity contribution in [3.8, 4) is 5.75 Å². The number of hydrogen-bond donors (Lipinski definition) is 3. The third kappa shape index (κ3) is 4.15. The van der Waals surface area contributed by atoms with Gasteiger partial charge in [-0.05, 0) is 35.9 Å². The maximum atomic E-state index is 11.8. The molecule has 0 saturated carbocycles. The second-order valence-corrected chi connectivity index (χ2v) is 5.09. The van der Waals surface area contributed by atoms with E-state index in [-0.39, 0.29) is 21.7 Å². The molecule has 0 radical (unpaired) electrons. The van der Waals surface area contributed by atoms with Crippen molar-refractivity contribution in [2.75, 3.05) is 11.1 Å². The number of phenols is 1. The van der Waals surface area contributed by atoms with Gasteiger partial charge in [-0.3, -0.25) is 4.79 Å². The first-order chi connectivity index (χ1) is 9.95. The fraction of sp³-hybridized carbons (Fsp3) is 0. The molecule has 6 heteroatoms. The minimum atomic E-state index is -0.343. The highest BCUT2D eigenvalue weighted by Gasteiger charge is 2.07. The topological polar surface area (TPSA) is 75.4 Å². The van der Waals surface area contributed by atoms with Gasteiger partial charge in [0.2, 0.25) is 5.91 Å². The van der Waals surface area contributed by atoms with Gasteiger partial charge in [0, 0.05) is 17.5 Å². The van der Waals surface area contributed by atoms with E-state index in [4.69, 9.17) is 28.9 Å². The first kappa shape index (κ1) is 15.2. The van der Waals surface area contributed by atoms with Gasteiger partial charge in [0.05, 0.1) is 10.0 Å². The summed E-state index contributed by atoms with van der Waals surface area (Å²) >= 11 is 11.5. The second-order valence-electron chi connectivity index (χ2n) is 4.28. The maximum Gasteiger partial charge on any atom is 0.248 e. The van der Waals surface area contributed by atoms with E-state index in [1.807, 2.05) is 0 Å². The highest BCUT2D eigenvalue weighted by molar-refractivity contribution is 6.37. The standard InChI is InChI=1S/C15H12Cl2N2O2/c16-12-7-11(8-13(17)15(12)21)19-14(20)6-3-9-1-4-10(18)5-2-9/h1-8,21H,18H2,(H,19,20)/b6-3+. The summed E-state index contributed by atoms with van der Waals surface area (Å²) in [6.07, 6.45) is 3.03. The van der Waals surface area contributed by atoms with E-state index in [9.17, 15) is 9.90 Å². The molecular formula is C15H12Cl2N2O2. The van der Waals surface area contributed by atoms with Crippen molar-refractivity contribution < 1.29 is 9.90 Å². The van der Waals surface area contributed by atoms with E-state index in [0.29, 0.717) is 11.4 Å². The molecule has 1 amide bonds. The van der Waals surface area contributed by atoms with E-state index in [2.05, 4.69) is 5.32 Å². The van der Waals surface area contributed by atoms with Crippen LogP contribution < -0.4 is 11.1 Å². The van der Waals surface area contributed by atoms with Crippen LogP contribution in [-0.2, 0) is 4.79 Å². The molecule has 21 heavy (non-hydrogen) atoms. The molecule has 0 aliphatic heterocycles. The van der Waals surface area contributed by atoms with Crippen molar-refractivity contribution in [3.63, 3.8) is 0 Å². The first-order valence-electron chi connectivity index (χ1n) is 5.98. The van der Waals surface area contributed by atoms with Crippen LogP contribution in [0.3, 0.4) is 0 Å².